The monoisotopic (exact) mass is 436 g/mol. The second-order valence-electron chi connectivity index (χ2n) is 8.20. The lowest BCUT2D eigenvalue weighted by Gasteiger charge is -2.26. The first-order valence-corrected chi connectivity index (χ1v) is 10.8. The van der Waals surface area contributed by atoms with E-state index in [9.17, 15) is 9.59 Å². The molecule has 8 nitrogen and oxygen atoms in total. The van der Waals surface area contributed by atoms with Crippen molar-refractivity contribution in [1.82, 2.24) is 14.5 Å². The van der Waals surface area contributed by atoms with Crippen LogP contribution in [0.25, 0.3) is 11.0 Å². The Morgan fingerprint density at radius 2 is 1.97 bits per heavy atom. The number of carbonyl (C=O) groups excluding carboxylic acids is 2. The second kappa shape index (κ2) is 8.90. The van der Waals surface area contributed by atoms with Crippen LogP contribution >= 0.6 is 0 Å². The lowest BCUT2D eigenvalue weighted by atomic mass is 10.1. The molecule has 2 amide bonds. The first kappa shape index (κ1) is 21.7. The van der Waals surface area contributed by atoms with Gasteiger partial charge in [-0.3, -0.25) is 9.59 Å². The molecular formula is C24H28N4O4. The average molecular weight is 437 g/mol. The number of hydrogen-bond donors (Lipinski definition) is 1. The highest BCUT2D eigenvalue weighted by Gasteiger charge is 2.35. The summed E-state index contributed by atoms with van der Waals surface area (Å²) in [5.41, 5.74) is 7.66. The van der Waals surface area contributed by atoms with Crippen LogP contribution in [0.3, 0.4) is 0 Å². The van der Waals surface area contributed by atoms with Crippen LogP contribution < -0.4 is 15.2 Å². The molecule has 8 heteroatoms. The molecule has 32 heavy (non-hydrogen) atoms. The summed E-state index contributed by atoms with van der Waals surface area (Å²) in [6.07, 6.45) is 1.77. The molecule has 0 spiro atoms. The molecule has 3 aromatic rings. The summed E-state index contributed by atoms with van der Waals surface area (Å²) in [5.74, 6) is 0.986. The van der Waals surface area contributed by atoms with Crippen molar-refractivity contribution in [2.75, 3.05) is 20.3 Å². The van der Waals surface area contributed by atoms with Gasteiger partial charge in [-0.25, -0.2) is 4.98 Å². The normalized spacial score (nSPS) is 16.0. The molecule has 1 aromatic heterocycles. The number of benzene rings is 2. The number of likely N-dealkylation sites (tertiary alicyclic amines) is 1. The molecule has 1 fully saturated rings. The summed E-state index contributed by atoms with van der Waals surface area (Å²) in [7, 11) is 1.49. The Balaban J connectivity index is 1.66. The second-order valence-corrected chi connectivity index (χ2v) is 8.20. The van der Waals surface area contributed by atoms with Gasteiger partial charge in [0.2, 0.25) is 0 Å². The number of amides is 2. The fourth-order valence-corrected chi connectivity index (χ4v) is 4.35. The van der Waals surface area contributed by atoms with E-state index in [1.165, 1.54) is 7.11 Å². The minimum absolute atomic E-state index is 0.0883. The molecule has 1 aliphatic heterocycles. The third-order valence-electron chi connectivity index (χ3n) is 5.73. The van der Waals surface area contributed by atoms with Crippen LogP contribution in [0.1, 0.15) is 55.0 Å². The molecule has 2 N–H and O–H groups in total. The molecule has 2 heterocycles. The number of hydrogen-bond acceptors (Lipinski definition) is 5. The van der Waals surface area contributed by atoms with Gasteiger partial charge in [0.15, 0.2) is 18.1 Å². The zero-order valence-corrected chi connectivity index (χ0v) is 18.6. The van der Waals surface area contributed by atoms with Crippen LogP contribution in [0.2, 0.25) is 0 Å². The first-order chi connectivity index (χ1) is 15.4. The van der Waals surface area contributed by atoms with Gasteiger partial charge in [0.05, 0.1) is 24.2 Å². The lowest BCUT2D eigenvalue weighted by molar-refractivity contribution is -0.119. The van der Waals surface area contributed by atoms with E-state index < -0.39 is 5.91 Å². The van der Waals surface area contributed by atoms with Crippen LogP contribution in [0, 0.1) is 0 Å². The number of carbonyl (C=O) groups is 2. The SMILES string of the molecule is COc1cc(C(=O)N2CCC[C@H]2c2nc3ccccc3n2C(C)C)ccc1OCC(N)=O. The maximum absolute atomic E-state index is 13.5. The van der Waals surface area contributed by atoms with Crippen molar-refractivity contribution in [3.63, 3.8) is 0 Å². The molecular weight excluding hydrogens is 408 g/mol. The number of para-hydroxylation sites is 2. The van der Waals surface area contributed by atoms with Gasteiger partial charge in [0.1, 0.15) is 5.82 Å². The zero-order valence-electron chi connectivity index (χ0n) is 18.6. The minimum atomic E-state index is -0.583. The first-order valence-electron chi connectivity index (χ1n) is 10.8. The van der Waals surface area contributed by atoms with Crippen LogP contribution in [0.15, 0.2) is 42.5 Å². The lowest BCUT2D eigenvalue weighted by Crippen LogP contribution is -2.32. The maximum atomic E-state index is 13.5. The van der Waals surface area contributed by atoms with E-state index in [-0.39, 0.29) is 24.6 Å². The Labute approximate surface area is 186 Å². The number of fused-ring (bicyclic) bond motifs is 1. The van der Waals surface area contributed by atoms with E-state index >= 15 is 0 Å². The molecule has 168 valence electrons. The van der Waals surface area contributed by atoms with E-state index in [1.807, 2.05) is 23.1 Å². The molecule has 1 aliphatic rings. The molecule has 0 bridgehead atoms. The smallest absolute Gasteiger partial charge is 0.255 e. The average Bonchev–Trinajstić information content (AvgIpc) is 3.41. The number of ether oxygens (including phenoxy) is 2. The summed E-state index contributed by atoms with van der Waals surface area (Å²) in [6.45, 7) is 4.67. The molecule has 2 aromatic carbocycles. The molecule has 1 saturated heterocycles. The zero-order chi connectivity index (χ0) is 22.8. The predicted octanol–water partition coefficient (Wildman–Crippen LogP) is 3.47. The molecule has 0 radical (unpaired) electrons. The molecule has 1 atom stereocenters. The Morgan fingerprint density at radius 1 is 1.19 bits per heavy atom. The van der Waals surface area contributed by atoms with Crippen molar-refractivity contribution in [3.8, 4) is 11.5 Å². The van der Waals surface area contributed by atoms with E-state index in [0.717, 1.165) is 29.7 Å². The van der Waals surface area contributed by atoms with E-state index in [0.29, 0.717) is 23.6 Å². The number of methoxy groups -OCH3 is 1. The highest BCUT2D eigenvalue weighted by molar-refractivity contribution is 5.95. The van der Waals surface area contributed by atoms with Crippen molar-refractivity contribution in [2.24, 2.45) is 5.73 Å². The fourth-order valence-electron chi connectivity index (χ4n) is 4.35. The topological polar surface area (TPSA) is 99.7 Å². The highest BCUT2D eigenvalue weighted by atomic mass is 16.5. The minimum Gasteiger partial charge on any atom is -0.493 e. The molecule has 0 aliphatic carbocycles. The van der Waals surface area contributed by atoms with Crippen molar-refractivity contribution in [2.45, 2.75) is 38.8 Å². The summed E-state index contributed by atoms with van der Waals surface area (Å²) in [6, 6.07) is 13.1. The summed E-state index contributed by atoms with van der Waals surface area (Å²) in [4.78, 5) is 31.3. The molecule has 4 rings (SSSR count). The van der Waals surface area contributed by atoms with E-state index in [2.05, 4.69) is 24.5 Å². The number of imidazole rings is 1. The van der Waals surface area contributed by atoms with Crippen LogP contribution in [0.4, 0.5) is 0 Å². The van der Waals surface area contributed by atoms with Crippen molar-refractivity contribution in [3.05, 3.63) is 53.9 Å². The Hall–Kier alpha value is -3.55. The van der Waals surface area contributed by atoms with Gasteiger partial charge in [-0.2, -0.15) is 0 Å². The maximum Gasteiger partial charge on any atom is 0.255 e. The standard InChI is InChI=1S/C24H28N4O4/c1-15(2)28-18-8-5-4-7-17(18)26-23(28)19-9-6-12-27(19)24(30)16-10-11-20(21(13-16)31-3)32-14-22(25)29/h4-5,7-8,10-11,13,15,19H,6,9,12,14H2,1-3H3,(H2,25,29)/t19-/m0/s1. The third-order valence-corrected chi connectivity index (χ3v) is 5.73. The van der Waals surface area contributed by atoms with Crippen LogP contribution in [-0.4, -0.2) is 46.5 Å². The Kier molecular flexibility index (Phi) is 6.03. The Bertz CT molecular complexity index is 1150. The van der Waals surface area contributed by atoms with Gasteiger partial charge < -0.3 is 24.7 Å². The highest BCUT2D eigenvalue weighted by Crippen LogP contribution is 2.37. The fraction of sp³-hybridized carbons (Fsp3) is 0.375. The van der Waals surface area contributed by atoms with Crippen molar-refractivity contribution >= 4 is 22.8 Å². The third kappa shape index (κ3) is 4.00. The van der Waals surface area contributed by atoms with Crippen molar-refractivity contribution < 1.29 is 19.1 Å². The van der Waals surface area contributed by atoms with E-state index in [1.54, 1.807) is 18.2 Å². The number of rotatable bonds is 7. The number of primary amides is 1. The van der Waals surface area contributed by atoms with Crippen LogP contribution in [0.5, 0.6) is 11.5 Å². The Morgan fingerprint density at radius 3 is 2.69 bits per heavy atom. The van der Waals surface area contributed by atoms with Gasteiger partial charge in [-0.15, -0.1) is 0 Å². The number of nitrogens with two attached hydrogens (primary N) is 1. The van der Waals surface area contributed by atoms with Gasteiger partial charge in [-0.1, -0.05) is 12.1 Å². The summed E-state index contributed by atoms with van der Waals surface area (Å²) in [5, 5.41) is 0. The molecule has 0 unspecified atom stereocenters. The van der Waals surface area contributed by atoms with Gasteiger partial charge in [0.25, 0.3) is 11.8 Å². The number of aromatic nitrogens is 2. The van der Waals surface area contributed by atoms with Gasteiger partial charge >= 0.3 is 0 Å². The quantitative estimate of drug-likeness (QED) is 0.611. The molecule has 0 saturated carbocycles. The summed E-state index contributed by atoms with van der Waals surface area (Å²) >= 11 is 0. The largest absolute Gasteiger partial charge is 0.493 e. The number of nitrogens with zero attached hydrogens (tertiary/aromatic N) is 3. The van der Waals surface area contributed by atoms with E-state index in [4.69, 9.17) is 20.2 Å². The van der Waals surface area contributed by atoms with Crippen LogP contribution in [-0.2, 0) is 4.79 Å². The van der Waals surface area contributed by atoms with Crippen molar-refractivity contribution in [1.29, 1.82) is 0 Å². The van der Waals surface area contributed by atoms with Gasteiger partial charge in [0, 0.05) is 18.2 Å². The van der Waals surface area contributed by atoms with Gasteiger partial charge in [-0.05, 0) is 57.0 Å². The summed E-state index contributed by atoms with van der Waals surface area (Å²) < 4.78 is 13.0. The predicted molar refractivity (Wildman–Crippen MR) is 121 cm³/mol.